The van der Waals surface area contributed by atoms with Crippen LogP contribution in [-0.2, 0) is 11.8 Å². The Morgan fingerprint density at radius 1 is 1.20 bits per heavy atom. The van der Waals surface area contributed by atoms with Gasteiger partial charge in [0.25, 0.3) is 0 Å². The summed E-state index contributed by atoms with van der Waals surface area (Å²) < 4.78 is 5.81. The van der Waals surface area contributed by atoms with Gasteiger partial charge in [0, 0.05) is 24.4 Å². The molecular weight excluding hydrogens is 376 g/mol. The zero-order valence-electron chi connectivity index (χ0n) is 18.3. The highest BCUT2D eigenvalue weighted by atomic mass is 16.5. The van der Waals surface area contributed by atoms with Crippen molar-refractivity contribution in [2.75, 3.05) is 13.2 Å². The van der Waals surface area contributed by atoms with Crippen molar-refractivity contribution >= 4 is 0 Å². The second kappa shape index (κ2) is 8.14. The summed E-state index contributed by atoms with van der Waals surface area (Å²) in [5, 5.41) is 32.4. The van der Waals surface area contributed by atoms with Gasteiger partial charge in [0.1, 0.15) is 5.75 Å². The number of aliphatic hydroxyl groups is 3. The molecule has 1 aromatic carbocycles. The van der Waals surface area contributed by atoms with E-state index in [-0.39, 0.29) is 17.9 Å². The molecule has 1 saturated carbocycles. The molecule has 0 heterocycles. The molecule has 0 saturated heterocycles. The first-order chi connectivity index (χ1) is 14.4. The number of aliphatic hydroxyl groups excluding tert-OH is 1. The molecule has 3 aliphatic carbocycles. The smallest absolute Gasteiger partial charge is 0.119 e. The van der Waals surface area contributed by atoms with Crippen molar-refractivity contribution in [3.05, 3.63) is 53.6 Å². The summed E-state index contributed by atoms with van der Waals surface area (Å²) >= 11 is 0. The van der Waals surface area contributed by atoms with Crippen molar-refractivity contribution < 1.29 is 20.1 Å². The molecule has 164 valence electrons. The molecule has 1 fully saturated rings. The fourth-order valence-electron chi connectivity index (χ4n) is 6.42. The van der Waals surface area contributed by atoms with E-state index in [1.54, 1.807) is 0 Å². The van der Waals surface area contributed by atoms with E-state index in [2.05, 4.69) is 31.2 Å². The van der Waals surface area contributed by atoms with Crippen molar-refractivity contribution in [3.8, 4) is 5.75 Å². The van der Waals surface area contributed by atoms with Crippen LogP contribution in [0.3, 0.4) is 0 Å². The molecule has 1 unspecified atom stereocenters. The third-order valence-electron chi connectivity index (χ3n) is 8.10. The summed E-state index contributed by atoms with van der Waals surface area (Å²) in [6, 6.07) is 6.35. The number of ether oxygens (including phenoxy) is 1. The van der Waals surface area contributed by atoms with Crippen molar-refractivity contribution in [1.29, 1.82) is 0 Å². The highest BCUT2D eigenvalue weighted by Crippen LogP contribution is 2.59. The van der Waals surface area contributed by atoms with Gasteiger partial charge in [0.15, 0.2) is 0 Å². The third kappa shape index (κ3) is 3.43. The number of rotatable bonds is 6. The van der Waals surface area contributed by atoms with Crippen LogP contribution < -0.4 is 4.74 Å². The summed E-state index contributed by atoms with van der Waals surface area (Å²) in [7, 11) is 0. The SMILES string of the molecule is CC[C@@]12C[C@@](C)(O)[C@](O)(C3C=CC=CC3)C[C@H]1CCc1cc(OCCCO)ccc12. The first kappa shape index (κ1) is 21.6. The fraction of sp³-hybridized carbons (Fsp3) is 0.615. The lowest BCUT2D eigenvalue weighted by Crippen LogP contribution is -2.66. The minimum absolute atomic E-state index is 0.0453. The van der Waals surface area contributed by atoms with Crippen LogP contribution in [0.1, 0.15) is 63.5 Å². The van der Waals surface area contributed by atoms with Crippen LogP contribution in [0.4, 0.5) is 0 Å². The summed E-state index contributed by atoms with van der Waals surface area (Å²) in [6.45, 7) is 4.71. The lowest BCUT2D eigenvalue weighted by molar-refractivity contribution is -0.216. The second-order valence-corrected chi connectivity index (χ2v) is 9.72. The number of allylic oxidation sites excluding steroid dienone is 3. The maximum atomic E-state index is 11.8. The Bertz CT molecular complexity index is 826. The zero-order valence-corrected chi connectivity index (χ0v) is 18.3. The predicted octanol–water partition coefficient (Wildman–Crippen LogP) is 4.07. The number of fused-ring (bicyclic) bond motifs is 3. The summed E-state index contributed by atoms with van der Waals surface area (Å²) in [5.41, 5.74) is 0.224. The average molecular weight is 413 g/mol. The topological polar surface area (TPSA) is 69.9 Å². The quantitative estimate of drug-likeness (QED) is 0.616. The highest BCUT2D eigenvalue weighted by molar-refractivity contribution is 5.44. The highest BCUT2D eigenvalue weighted by Gasteiger charge is 2.62. The predicted molar refractivity (Wildman–Crippen MR) is 119 cm³/mol. The zero-order chi connectivity index (χ0) is 21.4. The summed E-state index contributed by atoms with van der Waals surface area (Å²) in [6.07, 6.45) is 13.7. The molecule has 0 radical (unpaired) electrons. The van der Waals surface area contributed by atoms with Gasteiger partial charge in [0.05, 0.1) is 17.8 Å². The molecule has 1 aromatic rings. The number of aryl methyl sites for hydroxylation is 1. The fourth-order valence-corrected chi connectivity index (χ4v) is 6.42. The molecule has 0 aromatic heterocycles. The van der Waals surface area contributed by atoms with Crippen LogP contribution in [0, 0.1) is 11.8 Å². The number of hydrogen-bond donors (Lipinski definition) is 3. The molecule has 30 heavy (non-hydrogen) atoms. The van der Waals surface area contributed by atoms with E-state index in [4.69, 9.17) is 9.84 Å². The standard InChI is InChI=1S/C26H36O4/c1-3-25-18-24(2,28)26(29,20-8-5-4-6-9-20)17-21(25)11-10-19-16-22(12-13-23(19)25)30-15-7-14-27/h4-6,8,12-13,16,20-21,27-29H,3,7,9-11,14-15,17-18H2,1-2H3/t20?,21-,24-,25-,26-/m1/s1. The molecule has 3 N–H and O–H groups in total. The van der Waals surface area contributed by atoms with Crippen molar-refractivity contribution in [2.24, 2.45) is 11.8 Å². The summed E-state index contributed by atoms with van der Waals surface area (Å²) in [5.74, 6) is 1.15. The van der Waals surface area contributed by atoms with E-state index < -0.39 is 11.2 Å². The van der Waals surface area contributed by atoms with Gasteiger partial charge in [-0.1, -0.05) is 37.3 Å². The van der Waals surface area contributed by atoms with Gasteiger partial charge in [-0.05, 0) is 74.6 Å². The molecule has 3 aliphatic rings. The van der Waals surface area contributed by atoms with E-state index in [1.165, 1.54) is 11.1 Å². The van der Waals surface area contributed by atoms with E-state index in [9.17, 15) is 10.2 Å². The molecule has 0 aliphatic heterocycles. The van der Waals surface area contributed by atoms with E-state index in [0.29, 0.717) is 31.8 Å². The van der Waals surface area contributed by atoms with E-state index >= 15 is 0 Å². The molecule has 0 spiro atoms. The van der Waals surface area contributed by atoms with Crippen LogP contribution in [0.25, 0.3) is 0 Å². The normalized spacial score (nSPS) is 37.5. The van der Waals surface area contributed by atoms with Gasteiger partial charge >= 0.3 is 0 Å². The van der Waals surface area contributed by atoms with Gasteiger partial charge in [-0.15, -0.1) is 0 Å². The average Bonchev–Trinajstić information content (AvgIpc) is 2.75. The Morgan fingerprint density at radius 3 is 2.73 bits per heavy atom. The second-order valence-electron chi connectivity index (χ2n) is 9.72. The Hall–Kier alpha value is -1.62. The van der Waals surface area contributed by atoms with Gasteiger partial charge < -0.3 is 20.1 Å². The lowest BCUT2D eigenvalue weighted by atomic mass is 9.47. The molecule has 4 heteroatoms. The molecule has 4 nitrogen and oxygen atoms in total. The van der Waals surface area contributed by atoms with Crippen LogP contribution >= 0.6 is 0 Å². The first-order valence-electron chi connectivity index (χ1n) is 11.5. The van der Waals surface area contributed by atoms with Crippen LogP contribution in [0.15, 0.2) is 42.5 Å². The molecule has 4 rings (SSSR count). The van der Waals surface area contributed by atoms with Crippen molar-refractivity contribution in [3.63, 3.8) is 0 Å². The maximum Gasteiger partial charge on any atom is 0.119 e. The molecule has 0 amide bonds. The monoisotopic (exact) mass is 412 g/mol. The Kier molecular flexibility index (Phi) is 5.86. The third-order valence-corrected chi connectivity index (χ3v) is 8.10. The molecular formula is C26H36O4. The molecule has 0 bridgehead atoms. The van der Waals surface area contributed by atoms with Gasteiger partial charge in [-0.2, -0.15) is 0 Å². The number of hydrogen-bond acceptors (Lipinski definition) is 4. The Morgan fingerprint density at radius 2 is 2.03 bits per heavy atom. The van der Waals surface area contributed by atoms with Crippen LogP contribution in [-0.4, -0.2) is 39.7 Å². The maximum absolute atomic E-state index is 11.8. The van der Waals surface area contributed by atoms with Gasteiger partial charge in [0.2, 0.25) is 0 Å². The Labute approximate surface area is 180 Å². The van der Waals surface area contributed by atoms with Gasteiger partial charge in [-0.25, -0.2) is 0 Å². The van der Waals surface area contributed by atoms with E-state index in [1.807, 2.05) is 25.1 Å². The van der Waals surface area contributed by atoms with Gasteiger partial charge in [-0.3, -0.25) is 0 Å². The lowest BCUT2D eigenvalue weighted by Gasteiger charge is -2.60. The largest absolute Gasteiger partial charge is 0.493 e. The van der Waals surface area contributed by atoms with Crippen molar-refractivity contribution in [1.82, 2.24) is 0 Å². The number of benzene rings is 1. The van der Waals surface area contributed by atoms with Crippen LogP contribution in [0.2, 0.25) is 0 Å². The van der Waals surface area contributed by atoms with Crippen molar-refractivity contribution in [2.45, 2.75) is 75.4 Å². The first-order valence-corrected chi connectivity index (χ1v) is 11.5. The minimum Gasteiger partial charge on any atom is -0.493 e. The summed E-state index contributed by atoms with van der Waals surface area (Å²) in [4.78, 5) is 0. The van der Waals surface area contributed by atoms with E-state index in [0.717, 1.165) is 31.4 Å². The van der Waals surface area contributed by atoms with Crippen LogP contribution in [0.5, 0.6) is 5.75 Å². The minimum atomic E-state index is -1.16. The molecule has 5 atom stereocenters. The Balaban J connectivity index is 1.66.